The van der Waals surface area contributed by atoms with Crippen LogP contribution in [-0.2, 0) is 0 Å². The number of halogens is 2. The number of hydrogen-bond acceptors (Lipinski definition) is 1. The molecule has 0 saturated heterocycles. The van der Waals surface area contributed by atoms with E-state index in [-0.39, 0.29) is 5.82 Å². The zero-order chi connectivity index (χ0) is 24.2. The van der Waals surface area contributed by atoms with Gasteiger partial charge in [-0.15, -0.1) is 0 Å². The van der Waals surface area contributed by atoms with Crippen molar-refractivity contribution in [3.05, 3.63) is 126 Å². The van der Waals surface area contributed by atoms with Gasteiger partial charge in [-0.25, -0.2) is 9.37 Å². The third-order valence-corrected chi connectivity index (χ3v) is 7.49. The largest absolute Gasteiger partial charge is 0.247 e. The summed E-state index contributed by atoms with van der Waals surface area (Å²) < 4.78 is 14.9. The minimum absolute atomic E-state index is 0.253. The van der Waals surface area contributed by atoms with Crippen molar-refractivity contribution in [1.82, 2.24) is 4.98 Å². The number of hydrogen-bond donors (Lipinski definition) is 0. The van der Waals surface area contributed by atoms with Crippen molar-refractivity contribution in [3.63, 3.8) is 0 Å². The Balaban J connectivity index is 1.68. The van der Waals surface area contributed by atoms with Gasteiger partial charge in [-0.2, -0.15) is 0 Å². The predicted octanol–water partition coefficient (Wildman–Crippen LogP) is 9.93. The molecule has 1 heterocycles. The maximum absolute atomic E-state index is 13.9. The summed E-state index contributed by atoms with van der Waals surface area (Å²) in [6, 6.07) is 38.6. The molecule has 0 aliphatic rings. The molecule has 36 heavy (non-hydrogen) atoms. The molecular formula is C33H19BrFN. The third-order valence-electron chi connectivity index (χ3n) is 6.96. The van der Waals surface area contributed by atoms with Crippen LogP contribution in [0.2, 0.25) is 0 Å². The summed E-state index contributed by atoms with van der Waals surface area (Å²) >= 11 is 3.53. The maximum atomic E-state index is 13.9. The highest BCUT2D eigenvalue weighted by atomic mass is 79.9. The van der Waals surface area contributed by atoms with E-state index in [1.807, 2.05) is 12.1 Å². The first-order valence-electron chi connectivity index (χ1n) is 11.9. The highest BCUT2D eigenvalue weighted by Gasteiger charge is 2.17. The fourth-order valence-corrected chi connectivity index (χ4v) is 5.58. The molecule has 0 saturated carbocycles. The molecule has 0 aliphatic carbocycles. The molecule has 0 N–H and O–H groups in total. The molecular weight excluding hydrogens is 509 g/mol. The van der Waals surface area contributed by atoms with Gasteiger partial charge in [0.25, 0.3) is 0 Å². The summed E-state index contributed by atoms with van der Waals surface area (Å²) in [6.45, 7) is 0. The number of fused-ring (bicyclic) bond motifs is 8. The van der Waals surface area contributed by atoms with Gasteiger partial charge in [0.05, 0.1) is 11.2 Å². The van der Waals surface area contributed by atoms with E-state index < -0.39 is 0 Å². The van der Waals surface area contributed by atoms with Crippen LogP contribution in [-0.4, -0.2) is 4.98 Å². The van der Waals surface area contributed by atoms with Gasteiger partial charge in [0.15, 0.2) is 0 Å². The van der Waals surface area contributed by atoms with E-state index in [0.29, 0.717) is 0 Å². The lowest BCUT2D eigenvalue weighted by atomic mass is 9.89. The van der Waals surface area contributed by atoms with Crippen molar-refractivity contribution >= 4 is 59.2 Å². The molecule has 170 valence electrons. The van der Waals surface area contributed by atoms with Crippen LogP contribution in [0.1, 0.15) is 0 Å². The Kier molecular flexibility index (Phi) is 4.86. The van der Waals surface area contributed by atoms with E-state index in [1.54, 1.807) is 0 Å². The van der Waals surface area contributed by atoms with Crippen molar-refractivity contribution < 1.29 is 4.39 Å². The first kappa shape index (κ1) is 21.2. The summed E-state index contributed by atoms with van der Waals surface area (Å²) in [5.41, 5.74) is 4.93. The quantitative estimate of drug-likeness (QED) is 0.204. The molecule has 7 aromatic rings. The van der Waals surface area contributed by atoms with Crippen LogP contribution >= 0.6 is 15.9 Å². The molecule has 6 aromatic carbocycles. The molecule has 7 rings (SSSR count). The van der Waals surface area contributed by atoms with Gasteiger partial charge in [0.2, 0.25) is 0 Å². The van der Waals surface area contributed by atoms with Crippen LogP contribution in [0.25, 0.3) is 65.6 Å². The maximum Gasteiger partial charge on any atom is 0.123 e. The second-order valence-electron chi connectivity index (χ2n) is 9.05. The molecule has 0 fully saturated rings. The van der Waals surface area contributed by atoms with Gasteiger partial charge in [-0.1, -0.05) is 88.7 Å². The Morgan fingerprint density at radius 2 is 1.06 bits per heavy atom. The van der Waals surface area contributed by atoms with Gasteiger partial charge in [-0.3, -0.25) is 0 Å². The second kappa shape index (κ2) is 8.25. The minimum Gasteiger partial charge on any atom is -0.247 e. The number of benzene rings is 6. The van der Waals surface area contributed by atoms with Crippen molar-refractivity contribution in [3.8, 4) is 22.4 Å². The van der Waals surface area contributed by atoms with Crippen LogP contribution in [0.3, 0.4) is 0 Å². The van der Waals surface area contributed by atoms with Crippen LogP contribution in [0.5, 0.6) is 0 Å². The first-order chi connectivity index (χ1) is 17.7. The Morgan fingerprint density at radius 1 is 0.500 bits per heavy atom. The van der Waals surface area contributed by atoms with Gasteiger partial charge >= 0.3 is 0 Å². The summed E-state index contributed by atoms with van der Waals surface area (Å²) in [4.78, 5) is 5.23. The Hall–Kier alpha value is -4.08. The van der Waals surface area contributed by atoms with E-state index in [9.17, 15) is 4.39 Å². The lowest BCUT2D eigenvalue weighted by molar-refractivity contribution is 0.628. The molecule has 0 atom stereocenters. The normalized spacial score (nSPS) is 11.6. The number of aromatic nitrogens is 1. The number of nitrogens with zero attached hydrogens (tertiary/aromatic N) is 1. The van der Waals surface area contributed by atoms with Gasteiger partial charge < -0.3 is 0 Å². The van der Waals surface area contributed by atoms with E-state index in [0.717, 1.165) is 48.5 Å². The average molecular weight is 528 g/mol. The molecule has 0 aliphatic heterocycles. The summed E-state index contributed by atoms with van der Waals surface area (Å²) in [5.74, 6) is -0.253. The topological polar surface area (TPSA) is 12.9 Å². The third kappa shape index (κ3) is 3.31. The molecule has 0 unspecified atom stereocenters. The predicted molar refractivity (Wildman–Crippen MR) is 153 cm³/mol. The molecule has 0 radical (unpaired) electrons. The number of pyridine rings is 1. The smallest absolute Gasteiger partial charge is 0.123 e. The summed E-state index contributed by atoms with van der Waals surface area (Å²) in [6.07, 6.45) is 0. The molecule has 0 spiro atoms. The minimum atomic E-state index is -0.253. The standard InChI is InChI=1S/C33H19BrFN/c34-23-14-9-20(10-15-23)22-13-18-29-30(19-22)36-33(21-11-16-24(35)17-12-21)32-28-8-4-2-6-26(28)25-5-1-3-7-27(25)31(29)32/h1-19H. The molecule has 0 amide bonds. The molecule has 1 nitrogen and oxygen atoms in total. The van der Waals surface area contributed by atoms with Crippen molar-refractivity contribution in [2.24, 2.45) is 0 Å². The summed E-state index contributed by atoms with van der Waals surface area (Å²) in [7, 11) is 0. The molecule has 1 aromatic heterocycles. The van der Waals surface area contributed by atoms with E-state index in [1.165, 1.54) is 33.7 Å². The number of rotatable bonds is 2. The lowest BCUT2D eigenvalue weighted by Crippen LogP contribution is -1.93. The molecule has 0 bridgehead atoms. The van der Waals surface area contributed by atoms with E-state index >= 15 is 0 Å². The highest BCUT2D eigenvalue weighted by molar-refractivity contribution is 9.10. The van der Waals surface area contributed by atoms with Crippen molar-refractivity contribution in [1.29, 1.82) is 0 Å². The first-order valence-corrected chi connectivity index (χ1v) is 12.7. The van der Waals surface area contributed by atoms with Crippen molar-refractivity contribution in [2.75, 3.05) is 0 Å². The van der Waals surface area contributed by atoms with E-state index in [2.05, 4.69) is 107 Å². The molecule has 3 heteroatoms. The lowest BCUT2D eigenvalue weighted by Gasteiger charge is -2.17. The van der Waals surface area contributed by atoms with Crippen LogP contribution in [0.4, 0.5) is 4.39 Å². The SMILES string of the molecule is Fc1ccc(-c2nc3cc(-c4ccc(Br)cc4)ccc3c3c4ccccc4c4ccccc4c23)cc1. The van der Waals surface area contributed by atoms with Crippen molar-refractivity contribution in [2.45, 2.75) is 0 Å². The Bertz CT molecular complexity index is 1940. The highest BCUT2D eigenvalue weighted by Crippen LogP contribution is 2.43. The van der Waals surface area contributed by atoms with Crippen LogP contribution in [0.15, 0.2) is 120 Å². The Morgan fingerprint density at radius 3 is 1.72 bits per heavy atom. The van der Waals surface area contributed by atoms with E-state index in [4.69, 9.17) is 4.98 Å². The summed E-state index contributed by atoms with van der Waals surface area (Å²) in [5, 5.41) is 8.14. The zero-order valence-electron chi connectivity index (χ0n) is 19.2. The second-order valence-corrected chi connectivity index (χ2v) is 9.96. The van der Waals surface area contributed by atoms with Crippen LogP contribution < -0.4 is 0 Å². The average Bonchev–Trinajstić information content (AvgIpc) is 2.93. The zero-order valence-corrected chi connectivity index (χ0v) is 20.8. The Labute approximate surface area is 216 Å². The van der Waals surface area contributed by atoms with Gasteiger partial charge in [-0.05, 0) is 75.1 Å². The fraction of sp³-hybridized carbons (Fsp3) is 0. The fourth-order valence-electron chi connectivity index (χ4n) is 5.32. The van der Waals surface area contributed by atoms with Gasteiger partial charge in [0, 0.05) is 26.2 Å². The van der Waals surface area contributed by atoms with Gasteiger partial charge in [0.1, 0.15) is 5.82 Å². The monoisotopic (exact) mass is 527 g/mol. The van der Waals surface area contributed by atoms with Crippen LogP contribution in [0, 0.1) is 5.82 Å².